The molecule has 2 saturated heterocycles. The SMILES string of the molecule is Cc1ncsc1-c1ccc([C@H](C)NC(=O)[C@@H]2CCCN2C(=O)[C@@H](NC(=O)CN2CCC(CC(=O)OC(C)(C)C)CC2)C(C)(C)C)cc1. The van der Waals surface area contributed by atoms with Gasteiger partial charge in [-0.15, -0.1) is 11.3 Å². The summed E-state index contributed by atoms with van der Waals surface area (Å²) in [4.78, 5) is 62.2. The summed E-state index contributed by atoms with van der Waals surface area (Å²) in [6.07, 6.45) is 3.32. The Hall–Kier alpha value is -3.31. The van der Waals surface area contributed by atoms with E-state index in [1.807, 2.05) is 85.2 Å². The van der Waals surface area contributed by atoms with Crippen LogP contribution in [0.2, 0.25) is 0 Å². The monoisotopic (exact) mass is 667 g/mol. The molecule has 3 heterocycles. The maximum absolute atomic E-state index is 14.0. The van der Waals surface area contributed by atoms with E-state index in [4.69, 9.17) is 4.74 Å². The summed E-state index contributed by atoms with van der Waals surface area (Å²) in [5.41, 5.74) is 3.86. The van der Waals surface area contributed by atoms with Gasteiger partial charge >= 0.3 is 5.97 Å². The van der Waals surface area contributed by atoms with Gasteiger partial charge in [-0.1, -0.05) is 45.0 Å². The topological polar surface area (TPSA) is 121 Å². The summed E-state index contributed by atoms with van der Waals surface area (Å²) in [7, 11) is 0. The first-order valence-electron chi connectivity index (χ1n) is 16.9. The fourth-order valence-electron chi connectivity index (χ4n) is 6.39. The van der Waals surface area contributed by atoms with Crippen LogP contribution in [0, 0.1) is 18.3 Å². The fraction of sp³-hybridized carbons (Fsp3) is 0.639. The third-order valence-corrected chi connectivity index (χ3v) is 9.96. The Labute approximate surface area is 284 Å². The number of rotatable bonds is 10. The molecule has 4 rings (SSSR count). The second-order valence-electron chi connectivity index (χ2n) is 15.2. The minimum Gasteiger partial charge on any atom is -0.460 e. The first-order chi connectivity index (χ1) is 22.0. The van der Waals surface area contributed by atoms with Crippen LogP contribution in [0.4, 0.5) is 0 Å². The molecule has 47 heavy (non-hydrogen) atoms. The maximum Gasteiger partial charge on any atom is 0.306 e. The second-order valence-corrected chi connectivity index (χ2v) is 16.0. The van der Waals surface area contributed by atoms with Gasteiger partial charge in [0.2, 0.25) is 17.7 Å². The Morgan fingerprint density at radius 1 is 0.979 bits per heavy atom. The lowest BCUT2D eigenvalue weighted by Crippen LogP contribution is -2.58. The van der Waals surface area contributed by atoms with E-state index < -0.39 is 23.1 Å². The number of hydrogen-bond donors (Lipinski definition) is 2. The molecule has 0 radical (unpaired) electrons. The van der Waals surface area contributed by atoms with Crippen molar-refractivity contribution in [3.8, 4) is 10.4 Å². The zero-order chi connectivity index (χ0) is 34.5. The van der Waals surface area contributed by atoms with E-state index in [0.29, 0.717) is 32.5 Å². The zero-order valence-corrected chi connectivity index (χ0v) is 30.2. The molecule has 0 aliphatic carbocycles. The number of thiazole rings is 1. The van der Waals surface area contributed by atoms with Crippen molar-refractivity contribution in [2.24, 2.45) is 11.3 Å². The predicted octanol–water partition coefficient (Wildman–Crippen LogP) is 5.26. The summed E-state index contributed by atoms with van der Waals surface area (Å²) in [5, 5.41) is 6.14. The second kappa shape index (κ2) is 15.3. The number of aromatic nitrogens is 1. The number of nitrogens with zero attached hydrogens (tertiary/aromatic N) is 3. The summed E-state index contributed by atoms with van der Waals surface area (Å²) < 4.78 is 5.47. The minimum absolute atomic E-state index is 0.180. The average Bonchev–Trinajstić information content (AvgIpc) is 3.64. The van der Waals surface area contributed by atoms with E-state index >= 15 is 0 Å². The van der Waals surface area contributed by atoms with E-state index in [1.54, 1.807) is 16.2 Å². The largest absolute Gasteiger partial charge is 0.460 e. The molecule has 258 valence electrons. The molecular formula is C36H53N5O5S. The lowest BCUT2D eigenvalue weighted by molar-refractivity contribution is -0.156. The number of ether oxygens (including phenoxy) is 1. The van der Waals surface area contributed by atoms with Crippen LogP contribution in [-0.4, -0.2) is 82.3 Å². The Balaban J connectivity index is 1.31. The summed E-state index contributed by atoms with van der Waals surface area (Å²) >= 11 is 1.61. The lowest BCUT2D eigenvalue weighted by Gasteiger charge is -2.36. The van der Waals surface area contributed by atoms with Gasteiger partial charge in [-0.2, -0.15) is 0 Å². The van der Waals surface area contributed by atoms with Gasteiger partial charge in [-0.05, 0) is 95.9 Å². The highest BCUT2D eigenvalue weighted by molar-refractivity contribution is 7.13. The molecule has 2 N–H and O–H groups in total. The molecule has 1 aromatic carbocycles. The van der Waals surface area contributed by atoms with Crippen molar-refractivity contribution in [3.05, 3.63) is 41.0 Å². The lowest BCUT2D eigenvalue weighted by atomic mass is 9.85. The number of nitrogens with one attached hydrogen (secondary N) is 2. The van der Waals surface area contributed by atoms with E-state index in [2.05, 4.69) is 20.5 Å². The molecule has 2 aliphatic heterocycles. The standard InChI is InChI=1S/C36H53N5O5S/c1-23(26-11-13-27(14-12-26)31-24(2)37-22-47-31)38-33(44)28-10-9-17-41(28)34(45)32(35(3,4)5)39-29(42)21-40-18-15-25(16-19-40)20-30(43)46-36(6,7)8/h11-14,22-23,25,28,32H,9-10,15-21H2,1-8H3,(H,38,44)(H,39,42)/t23-,28-,32+/m0/s1. The molecule has 3 amide bonds. The number of piperidine rings is 1. The number of amides is 3. The van der Waals surface area contributed by atoms with Crippen LogP contribution in [0.15, 0.2) is 29.8 Å². The van der Waals surface area contributed by atoms with Gasteiger partial charge < -0.3 is 20.3 Å². The molecule has 2 fully saturated rings. The average molecular weight is 668 g/mol. The molecular weight excluding hydrogens is 614 g/mol. The number of aryl methyl sites for hydroxylation is 1. The Morgan fingerprint density at radius 3 is 2.21 bits per heavy atom. The predicted molar refractivity (Wildman–Crippen MR) is 185 cm³/mol. The van der Waals surface area contributed by atoms with Crippen LogP contribution in [0.25, 0.3) is 10.4 Å². The van der Waals surface area contributed by atoms with Crippen molar-refractivity contribution >= 4 is 35.0 Å². The number of carbonyl (C=O) groups excluding carboxylic acids is 4. The smallest absolute Gasteiger partial charge is 0.306 e. The molecule has 2 aliphatic rings. The molecule has 0 unspecified atom stereocenters. The van der Waals surface area contributed by atoms with Crippen molar-refractivity contribution in [1.29, 1.82) is 0 Å². The Kier molecular flexibility index (Phi) is 11.9. The van der Waals surface area contributed by atoms with Crippen molar-refractivity contribution in [3.63, 3.8) is 0 Å². The van der Waals surface area contributed by atoms with E-state index in [-0.39, 0.29) is 42.2 Å². The van der Waals surface area contributed by atoms with E-state index in [0.717, 1.165) is 41.0 Å². The molecule has 0 spiro atoms. The van der Waals surface area contributed by atoms with Crippen molar-refractivity contribution < 1.29 is 23.9 Å². The number of benzene rings is 1. The molecule has 0 saturated carbocycles. The number of esters is 1. The van der Waals surface area contributed by atoms with E-state index in [9.17, 15) is 19.2 Å². The van der Waals surface area contributed by atoms with Gasteiger partial charge in [-0.3, -0.25) is 24.1 Å². The molecule has 10 nitrogen and oxygen atoms in total. The summed E-state index contributed by atoms with van der Waals surface area (Å²) in [6.45, 7) is 17.4. The maximum atomic E-state index is 14.0. The van der Waals surface area contributed by atoms with Gasteiger partial charge in [0.05, 0.1) is 28.7 Å². The van der Waals surface area contributed by atoms with Crippen LogP contribution in [0.5, 0.6) is 0 Å². The highest BCUT2D eigenvalue weighted by atomic mass is 32.1. The quantitative estimate of drug-likeness (QED) is 0.332. The van der Waals surface area contributed by atoms with E-state index in [1.165, 1.54) is 0 Å². The molecule has 1 aromatic heterocycles. The van der Waals surface area contributed by atoms with Crippen molar-refractivity contribution in [2.45, 2.75) is 111 Å². The molecule has 0 bridgehead atoms. The third kappa shape index (κ3) is 10.1. The van der Waals surface area contributed by atoms with Crippen LogP contribution in [0.3, 0.4) is 0 Å². The van der Waals surface area contributed by atoms with Crippen molar-refractivity contribution in [2.75, 3.05) is 26.2 Å². The van der Waals surface area contributed by atoms with Gasteiger partial charge in [0, 0.05) is 13.0 Å². The zero-order valence-electron chi connectivity index (χ0n) is 29.4. The Morgan fingerprint density at radius 2 is 1.64 bits per heavy atom. The van der Waals surface area contributed by atoms with Gasteiger partial charge in [0.15, 0.2) is 0 Å². The first kappa shape index (κ1) is 36.5. The fourth-order valence-corrected chi connectivity index (χ4v) is 7.20. The highest BCUT2D eigenvalue weighted by Crippen LogP contribution is 2.30. The van der Waals surface area contributed by atoms with Crippen LogP contribution in [-0.2, 0) is 23.9 Å². The van der Waals surface area contributed by atoms with Crippen molar-refractivity contribution in [1.82, 2.24) is 25.4 Å². The summed E-state index contributed by atoms with van der Waals surface area (Å²) in [5.74, 6) is -0.563. The van der Waals surface area contributed by atoms with Gasteiger partial charge in [0.1, 0.15) is 17.7 Å². The summed E-state index contributed by atoms with van der Waals surface area (Å²) in [6, 6.07) is 6.54. The molecule has 3 atom stereocenters. The third-order valence-electron chi connectivity index (χ3n) is 8.98. The number of hydrogen-bond acceptors (Lipinski definition) is 8. The highest BCUT2D eigenvalue weighted by Gasteiger charge is 2.42. The van der Waals surface area contributed by atoms with Crippen LogP contribution < -0.4 is 10.6 Å². The first-order valence-corrected chi connectivity index (χ1v) is 17.7. The minimum atomic E-state index is -0.770. The van der Waals surface area contributed by atoms with Gasteiger partial charge in [0.25, 0.3) is 0 Å². The number of carbonyl (C=O) groups is 4. The molecule has 2 aromatic rings. The number of likely N-dealkylation sites (tertiary alicyclic amines) is 2. The van der Waals surface area contributed by atoms with Gasteiger partial charge in [-0.25, -0.2) is 4.98 Å². The van der Waals surface area contributed by atoms with Crippen LogP contribution in [0.1, 0.15) is 97.9 Å². The Bertz CT molecular complexity index is 1400. The van der Waals surface area contributed by atoms with Crippen LogP contribution >= 0.6 is 11.3 Å². The normalized spacial score (nSPS) is 19.2. The molecule has 11 heteroatoms.